The van der Waals surface area contributed by atoms with Crippen LogP contribution in [-0.2, 0) is 0 Å². The maximum absolute atomic E-state index is 5.83. The Bertz CT molecular complexity index is 1290. The Morgan fingerprint density at radius 2 is 1.05 bits per heavy atom. The lowest BCUT2D eigenvalue weighted by Gasteiger charge is -2.11. The first kappa shape index (κ1) is 28.4. The summed E-state index contributed by atoms with van der Waals surface area (Å²) in [6.45, 7) is 5.40. The lowest BCUT2D eigenvalue weighted by Crippen LogP contribution is -2.05. The fourth-order valence-corrected chi connectivity index (χ4v) is 3.39. The van der Waals surface area contributed by atoms with E-state index in [4.69, 9.17) is 27.7 Å². The van der Waals surface area contributed by atoms with Gasteiger partial charge in [0.2, 0.25) is 11.8 Å². The number of rotatable bonds is 9. The Morgan fingerprint density at radius 3 is 1.41 bits per heavy atom. The molecule has 4 aromatic rings. The third kappa shape index (κ3) is 7.41. The maximum atomic E-state index is 5.83. The maximum Gasteiger partial charge on any atom is 0.223 e. The summed E-state index contributed by atoms with van der Waals surface area (Å²) in [6, 6.07) is 10.6. The quantitative estimate of drug-likeness (QED) is 0.155. The summed E-state index contributed by atoms with van der Waals surface area (Å²) in [6.07, 6.45) is 3.22. The molecule has 0 aliphatic rings. The number of hydrogen-bond acceptors (Lipinski definition) is 13. The van der Waals surface area contributed by atoms with Crippen LogP contribution in [0.25, 0.3) is 11.4 Å². The van der Waals surface area contributed by atoms with Crippen molar-refractivity contribution in [3.63, 3.8) is 0 Å². The fraction of sp³-hybridized carbons (Fsp3) is 0.231. The summed E-state index contributed by atoms with van der Waals surface area (Å²) in [5.41, 5.74) is 28.7. The van der Waals surface area contributed by atoms with Crippen LogP contribution in [0, 0.1) is 0 Å². The standard InChI is InChI=1S/C14H20N6O.C12H16N6/c1-3-17-13-9(15)5-7-11(19-13)21-12-8-6-10(16)14(20-12)18-4-2;1-15-9-3-11(17-5-7(9)13)12-4-10(16-2)8(14)6-18-12/h5-8H,3-4,15-16H2,1-2H3,(H,17,19)(H,18,20);3-6H,13-14H2,1-2H3,(H,15,17)(H,16,18). The van der Waals surface area contributed by atoms with Gasteiger partial charge in [-0.2, -0.15) is 9.97 Å². The van der Waals surface area contributed by atoms with Gasteiger partial charge in [-0.1, -0.05) is 0 Å². The smallest absolute Gasteiger partial charge is 0.223 e. The molecule has 0 fully saturated rings. The van der Waals surface area contributed by atoms with Crippen molar-refractivity contribution in [2.75, 3.05) is 71.4 Å². The Labute approximate surface area is 227 Å². The molecule has 0 saturated carbocycles. The molecule has 4 aromatic heterocycles. The first-order valence-electron chi connectivity index (χ1n) is 12.3. The van der Waals surface area contributed by atoms with Gasteiger partial charge >= 0.3 is 0 Å². The first-order valence-corrected chi connectivity index (χ1v) is 12.3. The Hall–Kier alpha value is -5.20. The Kier molecular flexibility index (Phi) is 9.73. The van der Waals surface area contributed by atoms with E-state index in [2.05, 4.69) is 41.2 Å². The van der Waals surface area contributed by atoms with Crippen LogP contribution >= 0.6 is 0 Å². The number of nitrogens with one attached hydrogen (secondary N) is 4. The van der Waals surface area contributed by atoms with Gasteiger partial charge in [0.1, 0.15) is 0 Å². The Morgan fingerprint density at radius 1 is 0.641 bits per heavy atom. The van der Waals surface area contributed by atoms with E-state index < -0.39 is 0 Å². The molecule has 0 spiro atoms. The third-order valence-electron chi connectivity index (χ3n) is 5.37. The number of nitrogen functional groups attached to an aromatic ring is 4. The number of hydrogen-bond donors (Lipinski definition) is 8. The van der Waals surface area contributed by atoms with E-state index in [9.17, 15) is 0 Å². The molecule has 0 atom stereocenters. The molecule has 206 valence electrons. The normalized spacial score (nSPS) is 10.2. The molecular formula is C26H36N12O. The van der Waals surface area contributed by atoms with Crippen LogP contribution in [0.15, 0.2) is 48.8 Å². The molecule has 39 heavy (non-hydrogen) atoms. The van der Waals surface area contributed by atoms with Crippen LogP contribution in [0.2, 0.25) is 0 Å². The van der Waals surface area contributed by atoms with E-state index in [1.807, 2.05) is 40.1 Å². The summed E-state index contributed by atoms with van der Waals surface area (Å²) in [5, 5.41) is 12.2. The van der Waals surface area contributed by atoms with E-state index in [0.717, 1.165) is 35.9 Å². The van der Waals surface area contributed by atoms with Crippen LogP contribution in [-0.4, -0.2) is 47.1 Å². The Balaban J connectivity index is 0.000000218. The lowest BCUT2D eigenvalue weighted by atomic mass is 10.2. The molecule has 0 bridgehead atoms. The van der Waals surface area contributed by atoms with Gasteiger partial charge in [0.25, 0.3) is 0 Å². The van der Waals surface area contributed by atoms with Gasteiger partial charge < -0.3 is 48.9 Å². The second-order valence-corrected chi connectivity index (χ2v) is 8.15. The monoisotopic (exact) mass is 532 g/mol. The van der Waals surface area contributed by atoms with E-state index in [0.29, 0.717) is 46.1 Å². The first-order chi connectivity index (χ1) is 18.8. The van der Waals surface area contributed by atoms with E-state index in [-0.39, 0.29) is 0 Å². The number of nitrogens with two attached hydrogens (primary N) is 4. The molecule has 4 heterocycles. The van der Waals surface area contributed by atoms with Gasteiger partial charge in [-0.05, 0) is 38.1 Å². The topological polar surface area (TPSA) is 213 Å². The van der Waals surface area contributed by atoms with Crippen molar-refractivity contribution in [1.29, 1.82) is 0 Å². The summed E-state index contributed by atoms with van der Waals surface area (Å²) < 4.78 is 5.65. The number of nitrogens with zero attached hydrogens (tertiary/aromatic N) is 4. The van der Waals surface area contributed by atoms with Gasteiger partial charge in [-0.3, -0.25) is 9.97 Å². The third-order valence-corrected chi connectivity index (χ3v) is 5.37. The molecule has 0 aliphatic heterocycles. The zero-order valence-corrected chi connectivity index (χ0v) is 22.5. The van der Waals surface area contributed by atoms with Crippen molar-refractivity contribution < 1.29 is 4.74 Å². The summed E-state index contributed by atoms with van der Waals surface area (Å²) in [5.74, 6) is 2.02. The summed E-state index contributed by atoms with van der Waals surface area (Å²) in [7, 11) is 3.62. The minimum absolute atomic E-state index is 0.417. The van der Waals surface area contributed by atoms with Crippen LogP contribution in [0.3, 0.4) is 0 Å². The highest BCUT2D eigenvalue weighted by Gasteiger charge is 2.09. The molecule has 12 N–H and O–H groups in total. The van der Waals surface area contributed by atoms with Crippen molar-refractivity contribution in [3.8, 4) is 23.1 Å². The highest BCUT2D eigenvalue weighted by Crippen LogP contribution is 2.28. The van der Waals surface area contributed by atoms with Gasteiger partial charge in [0.15, 0.2) is 11.6 Å². The van der Waals surface area contributed by atoms with Gasteiger partial charge in [0.05, 0.1) is 57.9 Å². The van der Waals surface area contributed by atoms with Crippen LogP contribution < -0.4 is 48.9 Å². The molecular weight excluding hydrogens is 496 g/mol. The van der Waals surface area contributed by atoms with E-state index in [1.165, 1.54) is 0 Å². The van der Waals surface area contributed by atoms with E-state index in [1.54, 1.807) is 36.7 Å². The van der Waals surface area contributed by atoms with Crippen molar-refractivity contribution in [1.82, 2.24) is 19.9 Å². The largest absolute Gasteiger partial charge is 0.421 e. The second-order valence-electron chi connectivity index (χ2n) is 8.15. The number of anilines is 8. The number of aromatic nitrogens is 4. The van der Waals surface area contributed by atoms with Gasteiger partial charge in [-0.25, -0.2) is 0 Å². The van der Waals surface area contributed by atoms with Gasteiger partial charge in [-0.15, -0.1) is 0 Å². The minimum Gasteiger partial charge on any atom is -0.421 e. The zero-order valence-electron chi connectivity index (χ0n) is 22.5. The van der Waals surface area contributed by atoms with Crippen molar-refractivity contribution in [2.45, 2.75) is 13.8 Å². The summed E-state index contributed by atoms with van der Waals surface area (Å²) >= 11 is 0. The summed E-state index contributed by atoms with van der Waals surface area (Å²) in [4.78, 5) is 17.1. The number of ether oxygens (including phenoxy) is 1. The van der Waals surface area contributed by atoms with Crippen LogP contribution in [0.5, 0.6) is 11.8 Å². The van der Waals surface area contributed by atoms with Crippen molar-refractivity contribution >= 4 is 45.8 Å². The van der Waals surface area contributed by atoms with Crippen LogP contribution in [0.4, 0.5) is 45.8 Å². The predicted molar refractivity (Wildman–Crippen MR) is 161 cm³/mol. The zero-order chi connectivity index (χ0) is 28.4. The highest BCUT2D eigenvalue weighted by atomic mass is 16.5. The van der Waals surface area contributed by atoms with Crippen LogP contribution in [0.1, 0.15) is 13.8 Å². The average Bonchev–Trinajstić information content (AvgIpc) is 2.93. The number of pyridine rings is 4. The molecule has 0 aromatic carbocycles. The molecule has 0 aliphatic carbocycles. The van der Waals surface area contributed by atoms with Crippen molar-refractivity contribution in [2.24, 2.45) is 0 Å². The predicted octanol–water partition coefficient (Wildman–Crippen LogP) is 3.69. The fourth-order valence-electron chi connectivity index (χ4n) is 3.39. The molecule has 4 rings (SSSR count). The lowest BCUT2D eigenvalue weighted by molar-refractivity contribution is 0.446. The molecule has 0 radical (unpaired) electrons. The van der Waals surface area contributed by atoms with E-state index >= 15 is 0 Å². The molecule has 0 saturated heterocycles. The SMILES string of the molecule is CCNc1nc(Oc2ccc(N)c(NCC)n2)ccc1N.CNc1cc(-c2cc(NC)c(N)cn2)ncc1N. The van der Waals surface area contributed by atoms with Gasteiger partial charge in [0, 0.05) is 39.3 Å². The molecule has 13 nitrogen and oxygen atoms in total. The molecule has 13 heteroatoms. The molecule has 0 unspecified atom stereocenters. The van der Waals surface area contributed by atoms with Crippen molar-refractivity contribution in [3.05, 3.63) is 48.8 Å². The minimum atomic E-state index is 0.417. The second kappa shape index (κ2) is 13.4. The molecule has 0 amide bonds. The average molecular weight is 533 g/mol. The highest BCUT2D eigenvalue weighted by molar-refractivity contribution is 5.75.